The van der Waals surface area contributed by atoms with Crippen LogP contribution in [0.2, 0.25) is 5.02 Å². The van der Waals surface area contributed by atoms with Crippen LogP contribution in [0.5, 0.6) is 0 Å². The lowest BCUT2D eigenvalue weighted by atomic mass is 10.1. The van der Waals surface area contributed by atoms with Crippen LogP contribution in [0.1, 0.15) is 15.9 Å². The van der Waals surface area contributed by atoms with Gasteiger partial charge in [-0.15, -0.1) is 0 Å². The fourth-order valence-corrected chi connectivity index (χ4v) is 3.21. The van der Waals surface area contributed by atoms with Gasteiger partial charge in [-0.05, 0) is 24.6 Å². The maximum Gasteiger partial charge on any atom is 0.336 e. The second-order valence-corrected chi connectivity index (χ2v) is 6.24. The van der Waals surface area contributed by atoms with Crippen LogP contribution in [0.15, 0.2) is 17.0 Å². The van der Waals surface area contributed by atoms with Gasteiger partial charge in [-0.3, -0.25) is 0 Å². The largest absolute Gasteiger partial charge is 0.478 e. The minimum absolute atomic E-state index is 0.0000354. The van der Waals surface area contributed by atoms with Crippen LogP contribution in [0, 0.1) is 6.92 Å². The molecule has 0 aromatic heterocycles. The Bertz CT molecular complexity index is 675. The molecule has 1 aromatic rings. The van der Waals surface area contributed by atoms with Crippen molar-refractivity contribution in [3.8, 4) is 0 Å². The number of carbonyl (C=O) groups excluding carboxylic acids is 1. The maximum atomic E-state index is 12.1. The lowest BCUT2D eigenvalue weighted by Gasteiger charge is -2.12. The summed E-state index contributed by atoms with van der Waals surface area (Å²) in [6.07, 6.45) is 0. The normalized spacial score (nSPS) is 11.1. The summed E-state index contributed by atoms with van der Waals surface area (Å²) in [6, 6.07) is 1.56. The summed E-state index contributed by atoms with van der Waals surface area (Å²) >= 11 is 5.75. The third-order valence-corrected chi connectivity index (χ3v) is 4.37. The Hall–Kier alpha value is -1.84. The predicted octanol–water partition coefficient (Wildman–Crippen LogP) is 0.293. The number of urea groups is 1. The van der Waals surface area contributed by atoms with E-state index in [0.717, 1.165) is 6.07 Å². The molecule has 0 spiro atoms. The van der Waals surface area contributed by atoms with E-state index in [4.69, 9.17) is 22.4 Å². The van der Waals surface area contributed by atoms with Crippen LogP contribution in [-0.4, -0.2) is 38.6 Å². The minimum atomic E-state index is -3.96. The minimum Gasteiger partial charge on any atom is -0.478 e. The first-order valence-electron chi connectivity index (χ1n) is 5.71. The summed E-state index contributed by atoms with van der Waals surface area (Å²) in [6.45, 7) is 1.27. The van der Waals surface area contributed by atoms with Gasteiger partial charge in [0.2, 0.25) is 10.0 Å². The van der Waals surface area contributed by atoms with Crippen molar-refractivity contribution in [1.82, 2.24) is 10.0 Å². The molecule has 0 saturated heterocycles. The average Bonchev–Trinajstić information content (AvgIpc) is 2.36. The van der Waals surface area contributed by atoms with E-state index in [-0.39, 0.29) is 34.1 Å². The van der Waals surface area contributed by atoms with E-state index >= 15 is 0 Å². The number of rotatable bonds is 6. The molecule has 21 heavy (non-hydrogen) atoms. The van der Waals surface area contributed by atoms with Crippen molar-refractivity contribution >= 4 is 33.6 Å². The van der Waals surface area contributed by atoms with Crippen LogP contribution in [0.3, 0.4) is 0 Å². The van der Waals surface area contributed by atoms with Crippen molar-refractivity contribution in [2.75, 3.05) is 13.1 Å². The molecule has 8 nitrogen and oxygen atoms in total. The van der Waals surface area contributed by atoms with Gasteiger partial charge in [0.05, 0.1) is 10.5 Å². The quantitative estimate of drug-likeness (QED) is 0.553. The number of carbonyl (C=O) groups is 2. The average molecular weight is 336 g/mol. The zero-order chi connectivity index (χ0) is 16.2. The number of halogens is 1. The third-order valence-electron chi connectivity index (χ3n) is 2.56. The number of primary amides is 1. The molecular formula is C11H14ClN3O5S. The van der Waals surface area contributed by atoms with Crippen molar-refractivity contribution in [3.05, 3.63) is 28.3 Å². The van der Waals surface area contributed by atoms with E-state index < -0.39 is 22.0 Å². The standard InChI is InChI=1S/C11H14ClN3O5S/c1-6-8(10(16)17)4-7(12)5-9(6)21(19,20)15-3-2-14-11(13)18/h4-5,15H,2-3H2,1H3,(H,16,17)(H3,13,14,18). The number of amides is 2. The summed E-state index contributed by atoms with van der Waals surface area (Å²) < 4.78 is 26.5. The fourth-order valence-electron chi connectivity index (χ4n) is 1.60. The predicted molar refractivity (Wildman–Crippen MR) is 75.9 cm³/mol. The molecule has 10 heteroatoms. The molecule has 1 rings (SSSR count). The van der Waals surface area contributed by atoms with Gasteiger partial charge in [0.1, 0.15) is 0 Å². The van der Waals surface area contributed by atoms with Crippen molar-refractivity contribution in [2.24, 2.45) is 5.73 Å². The number of aromatic carboxylic acids is 1. The van der Waals surface area contributed by atoms with E-state index in [1.165, 1.54) is 13.0 Å². The monoisotopic (exact) mass is 335 g/mol. The van der Waals surface area contributed by atoms with Gasteiger partial charge in [-0.25, -0.2) is 22.7 Å². The van der Waals surface area contributed by atoms with E-state index in [0.29, 0.717) is 0 Å². The van der Waals surface area contributed by atoms with Crippen LogP contribution in [0.25, 0.3) is 0 Å². The maximum absolute atomic E-state index is 12.1. The van der Waals surface area contributed by atoms with Crippen molar-refractivity contribution in [2.45, 2.75) is 11.8 Å². The molecule has 0 atom stereocenters. The summed E-state index contributed by atoms with van der Waals surface area (Å²) in [5.41, 5.74) is 4.72. The molecule has 0 bridgehead atoms. The number of nitrogens with two attached hydrogens (primary N) is 1. The molecule has 116 valence electrons. The molecule has 0 radical (unpaired) electrons. The molecule has 0 fully saturated rings. The molecule has 0 aliphatic rings. The number of carboxylic acid groups (broad SMARTS) is 1. The zero-order valence-corrected chi connectivity index (χ0v) is 12.6. The number of sulfonamides is 1. The smallest absolute Gasteiger partial charge is 0.336 e. The second-order valence-electron chi connectivity index (χ2n) is 4.07. The Balaban J connectivity index is 3.03. The van der Waals surface area contributed by atoms with E-state index in [9.17, 15) is 18.0 Å². The first kappa shape index (κ1) is 17.2. The highest BCUT2D eigenvalue weighted by molar-refractivity contribution is 7.89. The van der Waals surface area contributed by atoms with Crippen LogP contribution >= 0.6 is 11.6 Å². The van der Waals surface area contributed by atoms with Crippen molar-refractivity contribution in [3.63, 3.8) is 0 Å². The Kier molecular flexibility index (Phi) is 5.53. The van der Waals surface area contributed by atoms with Crippen molar-refractivity contribution in [1.29, 1.82) is 0 Å². The molecule has 5 N–H and O–H groups in total. The van der Waals surface area contributed by atoms with Crippen LogP contribution in [0.4, 0.5) is 4.79 Å². The Morgan fingerprint density at radius 1 is 1.33 bits per heavy atom. The molecule has 0 unspecified atom stereocenters. The topological polar surface area (TPSA) is 139 Å². The Morgan fingerprint density at radius 3 is 2.48 bits per heavy atom. The first-order chi connectivity index (χ1) is 9.65. The van der Waals surface area contributed by atoms with Crippen LogP contribution < -0.4 is 15.8 Å². The summed E-state index contributed by atoms with van der Waals surface area (Å²) in [5, 5.41) is 11.2. The van der Waals surface area contributed by atoms with Gasteiger partial charge >= 0.3 is 12.0 Å². The van der Waals surface area contributed by atoms with Gasteiger partial charge in [-0.2, -0.15) is 0 Å². The van der Waals surface area contributed by atoms with E-state index in [1.807, 2.05) is 0 Å². The molecule has 0 aliphatic heterocycles. The lowest BCUT2D eigenvalue weighted by Crippen LogP contribution is -2.37. The van der Waals surface area contributed by atoms with Gasteiger partial charge < -0.3 is 16.2 Å². The number of hydrogen-bond acceptors (Lipinski definition) is 4. The molecule has 1 aromatic carbocycles. The number of benzene rings is 1. The summed E-state index contributed by atoms with van der Waals surface area (Å²) in [7, 11) is -3.96. The number of carboxylic acids is 1. The SMILES string of the molecule is Cc1c(C(=O)O)cc(Cl)cc1S(=O)(=O)NCCNC(N)=O. The number of nitrogens with one attached hydrogen (secondary N) is 2. The highest BCUT2D eigenvalue weighted by atomic mass is 35.5. The molecular weight excluding hydrogens is 322 g/mol. The summed E-state index contributed by atoms with van der Waals surface area (Å²) in [4.78, 5) is 21.3. The van der Waals surface area contributed by atoms with Gasteiger partial charge in [-0.1, -0.05) is 11.6 Å². The molecule has 0 aliphatic carbocycles. The highest BCUT2D eigenvalue weighted by Gasteiger charge is 2.21. The molecule has 0 saturated carbocycles. The molecule has 2 amide bonds. The second kappa shape index (κ2) is 6.74. The number of hydrogen-bond donors (Lipinski definition) is 4. The van der Waals surface area contributed by atoms with E-state index in [1.54, 1.807) is 0 Å². The van der Waals surface area contributed by atoms with Gasteiger partial charge in [0, 0.05) is 18.1 Å². The fraction of sp³-hybridized carbons (Fsp3) is 0.273. The summed E-state index contributed by atoms with van der Waals surface area (Å²) in [5.74, 6) is -1.28. The van der Waals surface area contributed by atoms with Crippen LogP contribution in [-0.2, 0) is 10.0 Å². The first-order valence-corrected chi connectivity index (χ1v) is 7.57. The Labute approximate surface area is 126 Å². The van der Waals surface area contributed by atoms with Crippen molar-refractivity contribution < 1.29 is 23.1 Å². The van der Waals surface area contributed by atoms with E-state index in [2.05, 4.69) is 10.0 Å². The van der Waals surface area contributed by atoms with Gasteiger partial charge in [0.25, 0.3) is 0 Å². The van der Waals surface area contributed by atoms with Gasteiger partial charge in [0.15, 0.2) is 0 Å². The molecule has 0 heterocycles. The Morgan fingerprint density at radius 2 is 1.95 bits per heavy atom. The highest BCUT2D eigenvalue weighted by Crippen LogP contribution is 2.24. The lowest BCUT2D eigenvalue weighted by molar-refractivity contribution is 0.0695. The zero-order valence-electron chi connectivity index (χ0n) is 11.0. The third kappa shape index (κ3) is 4.59.